The van der Waals surface area contributed by atoms with E-state index in [-0.39, 0.29) is 0 Å². The van der Waals surface area contributed by atoms with Gasteiger partial charge in [0.15, 0.2) is 0 Å². The lowest BCUT2D eigenvalue weighted by Gasteiger charge is -1.70. The predicted octanol–water partition coefficient (Wildman–Crippen LogP) is 1.19. The lowest BCUT2D eigenvalue weighted by atomic mass is 10.3. The van der Waals surface area contributed by atoms with Crippen LogP contribution in [0.1, 0.15) is 5.56 Å². The summed E-state index contributed by atoms with van der Waals surface area (Å²) in [5.41, 5.74) is 1.28. The molecule has 1 aromatic rings. The highest BCUT2D eigenvalue weighted by molar-refractivity contribution is 5.65. The Morgan fingerprint density at radius 2 is 2.09 bits per heavy atom. The van der Waals surface area contributed by atoms with Crippen molar-refractivity contribution in [3.8, 4) is 0 Å². The Balaban J connectivity index is 2.88. The van der Waals surface area contributed by atoms with Crippen LogP contribution in [-0.4, -0.2) is 0 Å². The first kappa shape index (κ1) is 6.29. The standard InChI is InChI=1S/C11H9/c1-9-5-7-10-3-2-4-11(10)8-6-9/h2-8H,1H2/q+1. The van der Waals surface area contributed by atoms with Gasteiger partial charge >= 0.3 is 0 Å². The number of hydrogen-bond acceptors (Lipinski definition) is 0. The van der Waals surface area contributed by atoms with Gasteiger partial charge in [-0.3, -0.25) is 0 Å². The molecule has 11 heavy (non-hydrogen) atoms. The summed E-state index contributed by atoms with van der Waals surface area (Å²) in [4.78, 5) is 0. The lowest BCUT2D eigenvalue weighted by molar-refractivity contribution is 1.68. The van der Waals surface area contributed by atoms with Crippen molar-refractivity contribution in [3.63, 3.8) is 0 Å². The fourth-order valence-corrected chi connectivity index (χ4v) is 1.20. The van der Waals surface area contributed by atoms with Crippen molar-refractivity contribution in [2.45, 2.75) is 0 Å². The van der Waals surface area contributed by atoms with Crippen molar-refractivity contribution in [2.24, 2.45) is 0 Å². The zero-order valence-electron chi connectivity index (χ0n) is 6.25. The molecule has 2 rings (SSSR count). The Kier molecular flexibility index (Phi) is 1.32. The molecule has 0 nitrogen and oxygen atoms in total. The van der Waals surface area contributed by atoms with Crippen molar-refractivity contribution in [2.75, 3.05) is 0 Å². The number of rotatable bonds is 0. The van der Waals surface area contributed by atoms with E-state index in [1.807, 2.05) is 12.1 Å². The fraction of sp³-hybridized carbons (Fsp3) is 0. The molecule has 0 heteroatoms. The van der Waals surface area contributed by atoms with Crippen LogP contribution < -0.4 is 10.4 Å². The largest absolute Gasteiger partial charge is 0.0872 e. The first-order valence-electron chi connectivity index (χ1n) is 3.67. The summed E-state index contributed by atoms with van der Waals surface area (Å²) in [6.45, 7) is 3.86. The van der Waals surface area contributed by atoms with Crippen LogP contribution in [-0.2, 0) is 0 Å². The molecular formula is C11H9+. The van der Waals surface area contributed by atoms with Gasteiger partial charge in [-0.25, -0.2) is 0 Å². The molecule has 1 aliphatic rings. The normalized spacial score (nSPS) is 12.4. The van der Waals surface area contributed by atoms with Crippen LogP contribution in [0.25, 0.3) is 18.7 Å². The second-order valence-electron chi connectivity index (χ2n) is 2.68. The molecule has 0 bridgehead atoms. The van der Waals surface area contributed by atoms with Gasteiger partial charge in [-0.1, -0.05) is 6.58 Å². The van der Waals surface area contributed by atoms with E-state index in [9.17, 15) is 0 Å². The molecule has 0 saturated heterocycles. The van der Waals surface area contributed by atoms with Crippen LogP contribution in [0.2, 0.25) is 0 Å². The van der Waals surface area contributed by atoms with E-state index < -0.39 is 0 Å². The van der Waals surface area contributed by atoms with Gasteiger partial charge in [0, 0.05) is 35.6 Å². The van der Waals surface area contributed by atoms with E-state index in [0.717, 1.165) is 5.22 Å². The first-order valence-corrected chi connectivity index (χ1v) is 3.67. The SMILES string of the molecule is C=c1ccc2[c+](cc1)C=CC=2. The van der Waals surface area contributed by atoms with Gasteiger partial charge < -0.3 is 0 Å². The highest BCUT2D eigenvalue weighted by Gasteiger charge is 1.98. The topological polar surface area (TPSA) is 0 Å². The summed E-state index contributed by atoms with van der Waals surface area (Å²) in [6, 6.07) is 8.25. The maximum Gasteiger partial charge on any atom is 0.0872 e. The molecule has 0 aromatic heterocycles. The summed E-state index contributed by atoms with van der Waals surface area (Å²) in [6.07, 6.45) is 6.27. The van der Waals surface area contributed by atoms with E-state index in [2.05, 4.69) is 36.9 Å². The maximum atomic E-state index is 3.86. The zero-order chi connectivity index (χ0) is 7.68. The summed E-state index contributed by atoms with van der Waals surface area (Å²) >= 11 is 0. The monoisotopic (exact) mass is 141 g/mol. The minimum absolute atomic E-state index is 1.06. The Bertz CT molecular complexity index is 417. The van der Waals surface area contributed by atoms with Crippen LogP contribution in [0.15, 0.2) is 30.3 Å². The molecule has 0 fully saturated rings. The third-order valence-electron chi connectivity index (χ3n) is 1.84. The first-order chi connectivity index (χ1) is 5.36. The molecule has 0 spiro atoms. The van der Waals surface area contributed by atoms with E-state index in [0.29, 0.717) is 0 Å². The van der Waals surface area contributed by atoms with Gasteiger partial charge in [-0.05, 0) is 12.1 Å². The van der Waals surface area contributed by atoms with E-state index >= 15 is 0 Å². The minimum atomic E-state index is 1.06. The smallest absolute Gasteiger partial charge is 0.0831 e. The van der Waals surface area contributed by atoms with Crippen molar-refractivity contribution < 1.29 is 0 Å². The second-order valence-corrected chi connectivity index (χ2v) is 2.68. The van der Waals surface area contributed by atoms with Crippen molar-refractivity contribution in [1.82, 2.24) is 0 Å². The molecule has 0 amide bonds. The van der Waals surface area contributed by atoms with Gasteiger partial charge in [0.2, 0.25) is 0 Å². The molecular weight excluding hydrogens is 132 g/mol. The Morgan fingerprint density at radius 3 is 3.00 bits per heavy atom. The average molecular weight is 141 g/mol. The van der Waals surface area contributed by atoms with Crippen LogP contribution >= 0.6 is 0 Å². The Labute approximate surface area is 65.8 Å². The van der Waals surface area contributed by atoms with Gasteiger partial charge in [0.05, 0.1) is 10.8 Å². The molecule has 0 radical (unpaired) electrons. The summed E-state index contributed by atoms with van der Waals surface area (Å²) in [5, 5.41) is 2.33. The van der Waals surface area contributed by atoms with E-state index in [1.165, 1.54) is 10.8 Å². The van der Waals surface area contributed by atoms with Crippen LogP contribution in [0.3, 0.4) is 0 Å². The molecule has 52 valence electrons. The third kappa shape index (κ3) is 1.07. The maximum absolute atomic E-state index is 3.86. The molecule has 0 atom stereocenters. The molecule has 0 saturated carbocycles. The number of allylic oxidation sites excluding steroid dienone is 1. The van der Waals surface area contributed by atoms with Crippen LogP contribution in [0.5, 0.6) is 0 Å². The molecule has 0 aliphatic heterocycles. The fourth-order valence-electron chi connectivity index (χ4n) is 1.20. The van der Waals surface area contributed by atoms with E-state index in [1.54, 1.807) is 0 Å². The lowest BCUT2D eigenvalue weighted by Crippen LogP contribution is -1.96. The summed E-state index contributed by atoms with van der Waals surface area (Å²) in [5.74, 6) is 0. The predicted molar refractivity (Wildman–Crippen MR) is 49.1 cm³/mol. The molecule has 0 heterocycles. The Hall–Kier alpha value is -1.43. The van der Waals surface area contributed by atoms with Crippen molar-refractivity contribution in [3.05, 3.63) is 46.3 Å². The second kappa shape index (κ2) is 2.31. The Morgan fingerprint density at radius 1 is 1.18 bits per heavy atom. The van der Waals surface area contributed by atoms with Crippen LogP contribution in [0.4, 0.5) is 0 Å². The van der Waals surface area contributed by atoms with E-state index in [4.69, 9.17) is 0 Å². The number of hydrogen-bond donors (Lipinski definition) is 0. The van der Waals surface area contributed by atoms with Crippen molar-refractivity contribution >= 4 is 18.7 Å². The average Bonchev–Trinajstić information content (AvgIpc) is 2.38. The molecule has 0 N–H and O–H groups in total. The zero-order valence-corrected chi connectivity index (χ0v) is 6.25. The van der Waals surface area contributed by atoms with Gasteiger partial charge in [0.25, 0.3) is 0 Å². The highest BCUT2D eigenvalue weighted by atomic mass is 14.0. The summed E-state index contributed by atoms with van der Waals surface area (Å²) in [7, 11) is 0. The summed E-state index contributed by atoms with van der Waals surface area (Å²) < 4.78 is 0. The quantitative estimate of drug-likeness (QED) is 0.476. The number of fused-ring (bicyclic) bond motifs is 1. The third-order valence-corrected chi connectivity index (χ3v) is 1.84. The van der Waals surface area contributed by atoms with Gasteiger partial charge in [0.1, 0.15) is 0 Å². The van der Waals surface area contributed by atoms with Gasteiger partial charge in [-0.15, -0.1) is 0 Å². The van der Waals surface area contributed by atoms with Gasteiger partial charge in [-0.2, -0.15) is 0 Å². The molecule has 1 aromatic carbocycles. The van der Waals surface area contributed by atoms with Crippen LogP contribution in [0, 0.1) is 0 Å². The molecule has 1 aliphatic carbocycles. The highest BCUT2D eigenvalue weighted by Crippen LogP contribution is 1.98. The molecule has 0 unspecified atom stereocenters. The minimum Gasteiger partial charge on any atom is -0.0831 e. The van der Waals surface area contributed by atoms with Crippen molar-refractivity contribution in [1.29, 1.82) is 0 Å².